The zero-order valence-electron chi connectivity index (χ0n) is 27.6. The topological polar surface area (TPSA) is 97.5 Å². The lowest BCUT2D eigenvalue weighted by Gasteiger charge is -2.12. The molecule has 8 nitrogen and oxygen atoms in total. The lowest BCUT2D eigenvalue weighted by atomic mass is 10.1. The molecule has 4 heterocycles. The molecule has 48 heavy (non-hydrogen) atoms. The average molecular weight is 641 g/mol. The molecule has 0 saturated carbocycles. The molecule has 0 aliphatic carbocycles. The van der Waals surface area contributed by atoms with Crippen molar-refractivity contribution in [2.75, 3.05) is 39.0 Å². The zero-order valence-corrected chi connectivity index (χ0v) is 27.6. The highest BCUT2D eigenvalue weighted by Gasteiger charge is 2.17. The Labute approximate surface area is 280 Å². The van der Waals surface area contributed by atoms with Gasteiger partial charge in [0, 0.05) is 54.5 Å². The zero-order chi connectivity index (χ0) is 33.5. The van der Waals surface area contributed by atoms with Crippen molar-refractivity contribution < 1.29 is 4.39 Å². The van der Waals surface area contributed by atoms with Gasteiger partial charge in [0.05, 0.1) is 22.6 Å². The van der Waals surface area contributed by atoms with E-state index in [0.717, 1.165) is 65.0 Å². The minimum atomic E-state index is -0.319. The molecule has 4 aromatic heterocycles. The lowest BCUT2D eigenvalue weighted by Crippen LogP contribution is -2.20. The number of halogens is 1. The van der Waals surface area contributed by atoms with Crippen molar-refractivity contribution in [3.8, 4) is 22.6 Å². The van der Waals surface area contributed by atoms with E-state index in [1.807, 2.05) is 56.6 Å². The normalized spacial score (nSPS) is 12.4. The molecule has 4 N–H and O–H groups in total. The number of likely N-dealkylation sites (N-methyl/N-ethyl adjacent to an activating group) is 1. The van der Waals surface area contributed by atoms with Gasteiger partial charge in [-0.05, 0) is 81.0 Å². The largest absolute Gasteiger partial charge is 0.384 e. The van der Waals surface area contributed by atoms with Crippen molar-refractivity contribution in [3.63, 3.8) is 0 Å². The Hall–Kier alpha value is -5.38. The molecule has 6 rings (SSSR count). The van der Waals surface area contributed by atoms with E-state index in [1.54, 1.807) is 6.20 Å². The van der Waals surface area contributed by atoms with Crippen molar-refractivity contribution >= 4 is 33.2 Å². The number of hydrogen-bond donors (Lipinski definition) is 4. The van der Waals surface area contributed by atoms with Gasteiger partial charge in [0.2, 0.25) is 0 Å². The highest BCUT2D eigenvalue weighted by atomic mass is 19.1. The SMILES string of the molecule is C=CC/C=C(\C=C(/C)CNCc1ccccc1)c1ccc2[nH]nc(-c3cc4c(-c5cc(F)cc(NCCN(C)C)c5)nccc4[nH]3)c2n1. The van der Waals surface area contributed by atoms with Crippen LogP contribution in [0.4, 0.5) is 10.1 Å². The van der Waals surface area contributed by atoms with Crippen molar-refractivity contribution in [2.24, 2.45) is 0 Å². The third kappa shape index (κ3) is 7.76. The number of anilines is 1. The Morgan fingerprint density at radius 1 is 1.00 bits per heavy atom. The fourth-order valence-electron chi connectivity index (χ4n) is 5.68. The van der Waals surface area contributed by atoms with Gasteiger partial charge in [-0.25, -0.2) is 9.37 Å². The molecule has 0 atom stereocenters. The molecule has 6 aromatic rings. The first-order chi connectivity index (χ1) is 23.4. The van der Waals surface area contributed by atoms with Gasteiger partial charge in [0.1, 0.15) is 17.0 Å². The first-order valence-corrected chi connectivity index (χ1v) is 16.1. The number of allylic oxidation sites excluding steroid dienone is 4. The predicted molar refractivity (Wildman–Crippen MR) is 196 cm³/mol. The third-order valence-electron chi connectivity index (χ3n) is 8.05. The van der Waals surface area contributed by atoms with Crippen LogP contribution in [0.15, 0.2) is 109 Å². The van der Waals surface area contributed by atoms with Gasteiger partial charge < -0.3 is 20.5 Å². The maximum Gasteiger partial charge on any atom is 0.135 e. The Kier molecular flexibility index (Phi) is 10.2. The van der Waals surface area contributed by atoms with Crippen LogP contribution in [0, 0.1) is 5.82 Å². The van der Waals surface area contributed by atoms with E-state index < -0.39 is 0 Å². The summed E-state index contributed by atoms with van der Waals surface area (Å²) in [5.41, 5.74) is 10.4. The van der Waals surface area contributed by atoms with Crippen LogP contribution in [-0.2, 0) is 6.54 Å². The minimum Gasteiger partial charge on any atom is -0.384 e. The molecular formula is C39H41FN8. The smallest absolute Gasteiger partial charge is 0.135 e. The van der Waals surface area contributed by atoms with Gasteiger partial charge in [-0.15, -0.1) is 6.58 Å². The summed E-state index contributed by atoms with van der Waals surface area (Å²) in [4.78, 5) is 15.3. The van der Waals surface area contributed by atoms with Crippen LogP contribution in [-0.4, -0.2) is 63.8 Å². The quantitative estimate of drug-likeness (QED) is 0.0712. The number of hydrogen-bond acceptors (Lipinski definition) is 6. The monoisotopic (exact) mass is 640 g/mol. The van der Waals surface area contributed by atoms with Crippen molar-refractivity contribution in [2.45, 2.75) is 19.9 Å². The number of nitrogens with one attached hydrogen (secondary N) is 4. The Morgan fingerprint density at radius 2 is 1.85 bits per heavy atom. The number of fused-ring (bicyclic) bond motifs is 2. The molecule has 0 unspecified atom stereocenters. The Bertz CT molecular complexity index is 2090. The van der Waals surface area contributed by atoms with E-state index in [0.29, 0.717) is 29.2 Å². The summed E-state index contributed by atoms with van der Waals surface area (Å²) in [6, 6.07) is 23.3. The average Bonchev–Trinajstić information content (AvgIpc) is 3.70. The predicted octanol–water partition coefficient (Wildman–Crippen LogP) is 7.98. The van der Waals surface area contributed by atoms with Gasteiger partial charge in [0.15, 0.2) is 0 Å². The molecule has 0 bridgehead atoms. The maximum atomic E-state index is 14.8. The summed E-state index contributed by atoms with van der Waals surface area (Å²) >= 11 is 0. The van der Waals surface area contributed by atoms with Crippen LogP contribution in [0.2, 0.25) is 0 Å². The molecule has 0 fully saturated rings. The number of aromatic amines is 2. The van der Waals surface area contributed by atoms with Crippen LogP contribution in [0.3, 0.4) is 0 Å². The molecule has 244 valence electrons. The number of rotatable bonds is 14. The van der Waals surface area contributed by atoms with E-state index in [4.69, 9.17) is 4.98 Å². The Balaban J connectivity index is 1.30. The van der Waals surface area contributed by atoms with Gasteiger partial charge in [0.25, 0.3) is 0 Å². The fraction of sp³-hybridized carbons (Fsp3) is 0.205. The fourth-order valence-corrected chi connectivity index (χ4v) is 5.68. The summed E-state index contributed by atoms with van der Waals surface area (Å²) in [5.74, 6) is -0.319. The Morgan fingerprint density at radius 3 is 2.67 bits per heavy atom. The summed E-state index contributed by atoms with van der Waals surface area (Å²) in [6.07, 6.45) is 8.67. The maximum absolute atomic E-state index is 14.8. The number of aromatic nitrogens is 5. The minimum absolute atomic E-state index is 0.319. The second-order valence-corrected chi connectivity index (χ2v) is 12.2. The van der Waals surface area contributed by atoms with Gasteiger partial charge in [-0.3, -0.25) is 10.1 Å². The number of nitrogens with zero attached hydrogens (tertiary/aromatic N) is 4. The molecule has 0 radical (unpaired) electrons. The third-order valence-corrected chi connectivity index (χ3v) is 8.05. The summed E-state index contributed by atoms with van der Waals surface area (Å²) < 4.78 is 14.8. The molecule has 0 aliphatic rings. The number of pyridine rings is 2. The van der Waals surface area contributed by atoms with Gasteiger partial charge >= 0.3 is 0 Å². The summed E-state index contributed by atoms with van der Waals surface area (Å²) in [7, 11) is 4.02. The molecule has 9 heteroatoms. The number of H-pyrrole nitrogens is 2. The molecule has 0 spiro atoms. The molecule has 2 aromatic carbocycles. The molecule has 0 amide bonds. The van der Waals surface area contributed by atoms with Crippen LogP contribution in [0.1, 0.15) is 24.6 Å². The number of benzene rings is 2. The lowest BCUT2D eigenvalue weighted by molar-refractivity contribution is 0.425. The standard InChI is InChI=1S/C39H41FN8/c1-5-6-12-28(19-26(2)24-41-25-27-10-8-7-9-11-27)33-13-14-35-38(45-33)39(47-46-35)36-23-32-34(44-36)15-16-43-37(32)29-20-30(40)22-31(21-29)42-17-18-48(3)4/h5,7-16,19-23,41-42,44H,1,6,17-18,24-25H2,2-4H3,(H,46,47)/b26-19+,28-12+. The van der Waals surface area contributed by atoms with E-state index in [-0.39, 0.29) is 5.82 Å². The summed E-state index contributed by atoms with van der Waals surface area (Å²) in [6.45, 7) is 9.13. The summed E-state index contributed by atoms with van der Waals surface area (Å²) in [5, 5.41) is 15.5. The molecule has 0 aliphatic heterocycles. The van der Waals surface area contributed by atoms with Crippen molar-refractivity contribution in [3.05, 3.63) is 126 Å². The molecule has 0 saturated heterocycles. The van der Waals surface area contributed by atoms with E-state index >= 15 is 0 Å². The van der Waals surface area contributed by atoms with Gasteiger partial charge in [-0.2, -0.15) is 5.10 Å². The van der Waals surface area contributed by atoms with Crippen LogP contribution < -0.4 is 10.6 Å². The van der Waals surface area contributed by atoms with E-state index in [9.17, 15) is 4.39 Å². The van der Waals surface area contributed by atoms with E-state index in [2.05, 4.69) is 85.6 Å². The van der Waals surface area contributed by atoms with Crippen LogP contribution >= 0.6 is 0 Å². The first kappa shape index (κ1) is 32.6. The first-order valence-electron chi connectivity index (χ1n) is 16.1. The van der Waals surface area contributed by atoms with Crippen molar-refractivity contribution in [1.82, 2.24) is 35.4 Å². The molecular weight excluding hydrogens is 599 g/mol. The highest BCUT2D eigenvalue weighted by Crippen LogP contribution is 2.34. The van der Waals surface area contributed by atoms with Gasteiger partial charge in [-0.1, -0.05) is 54.1 Å². The van der Waals surface area contributed by atoms with E-state index in [1.165, 1.54) is 23.3 Å². The second kappa shape index (κ2) is 15.0. The van der Waals surface area contributed by atoms with Crippen LogP contribution in [0.25, 0.3) is 50.2 Å². The van der Waals surface area contributed by atoms with Crippen LogP contribution in [0.5, 0.6) is 0 Å². The highest BCUT2D eigenvalue weighted by molar-refractivity contribution is 5.99. The second-order valence-electron chi connectivity index (χ2n) is 12.2. The van der Waals surface area contributed by atoms with Crippen molar-refractivity contribution in [1.29, 1.82) is 0 Å².